The molecule has 7 nitrogen and oxygen atoms in total. The number of aliphatic carboxylic acids is 1. The minimum absolute atomic E-state index is 0. The third-order valence-corrected chi connectivity index (χ3v) is 5.71. The molecule has 9 heteroatoms. The molecule has 0 spiro atoms. The summed E-state index contributed by atoms with van der Waals surface area (Å²) in [5, 5.41) is 10.2. The topological polar surface area (TPSA) is 95.4 Å². The fourth-order valence-corrected chi connectivity index (χ4v) is 4.12. The molecule has 1 unspecified atom stereocenters. The zero-order valence-electron chi connectivity index (χ0n) is 16.5. The lowest BCUT2D eigenvalue weighted by atomic mass is 10.00. The third-order valence-electron chi connectivity index (χ3n) is 5.36. The van der Waals surface area contributed by atoms with E-state index < -0.39 is 23.3 Å². The van der Waals surface area contributed by atoms with Crippen LogP contribution in [0.15, 0.2) is 64.2 Å². The zero-order chi connectivity index (χ0) is 21.3. The molecule has 2 heterocycles. The summed E-state index contributed by atoms with van der Waals surface area (Å²) < 4.78 is 1.16. The van der Waals surface area contributed by atoms with Gasteiger partial charge in [-0.25, -0.2) is 4.79 Å². The summed E-state index contributed by atoms with van der Waals surface area (Å²) in [6.45, 7) is 0.643. The molecule has 162 valence electrons. The highest BCUT2D eigenvalue weighted by atomic mass is 35.5. The third kappa shape index (κ3) is 4.58. The maximum atomic E-state index is 13.1. The van der Waals surface area contributed by atoms with Crippen LogP contribution in [0.4, 0.5) is 0 Å². The van der Waals surface area contributed by atoms with Gasteiger partial charge < -0.3 is 10.1 Å². The maximum absolute atomic E-state index is 13.1. The zero-order valence-corrected chi connectivity index (χ0v) is 18.0. The number of carboxylic acid groups (broad SMARTS) is 1. The van der Waals surface area contributed by atoms with Gasteiger partial charge in [0.1, 0.15) is 6.04 Å². The lowest BCUT2D eigenvalue weighted by molar-refractivity contribution is -0.144. The lowest BCUT2D eigenvalue weighted by Crippen LogP contribution is -2.46. The van der Waals surface area contributed by atoms with Gasteiger partial charge in [0.25, 0.3) is 5.56 Å². The van der Waals surface area contributed by atoms with Crippen molar-refractivity contribution in [2.75, 3.05) is 6.54 Å². The SMILES string of the molecule is Cl.O=C(O)C(c1ccccc1Cl)N1CCc2[nH]c(=O)n(Cc3ccccc3)c(=O)c2C1. The number of benzene rings is 2. The summed E-state index contributed by atoms with van der Waals surface area (Å²) in [6, 6.07) is 15.0. The highest BCUT2D eigenvalue weighted by molar-refractivity contribution is 6.31. The van der Waals surface area contributed by atoms with Crippen molar-refractivity contribution in [3.05, 3.63) is 103 Å². The Morgan fingerprint density at radius 3 is 2.45 bits per heavy atom. The monoisotopic (exact) mass is 461 g/mol. The molecule has 0 saturated carbocycles. The normalized spacial score (nSPS) is 14.4. The number of halogens is 2. The van der Waals surface area contributed by atoms with Crippen molar-refractivity contribution < 1.29 is 9.90 Å². The molecule has 0 radical (unpaired) electrons. The number of carboxylic acids is 1. The molecule has 0 bridgehead atoms. The van der Waals surface area contributed by atoms with Crippen LogP contribution in [0.2, 0.25) is 5.02 Å². The first kappa shape index (κ1) is 22.8. The summed E-state index contributed by atoms with van der Waals surface area (Å²) in [7, 11) is 0. The van der Waals surface area contributed by atoms with E-state index in [1.165, 1.54) is 0 Å². The molecule has 31 heavy (non-hydrogen) atoms. The fraction of sp³-hybridized carbons (Fsp3) is 0.227. The van der Waals surface area contributed by atoms with Gasteiger partial charge >= 0.3 is 11.7 Å². The molecule has 4 rings (SSSR count). The van der Waals surface area contributed by atoms with Crippen molar-refractivity contribution in [1.82, 2.24) is 14.5 Å². The molecule has 1 atom stereocenters. The van der Waals surface area contributed by atoms with Crippen LogP contribution in [0.5, 0.6) is 0 Å². The molecule has 1 aromatic heterocycles. The Morgan fingerprint density at radius 2 is 1.77 bits per heavy atom. The van der Waals surface area contributed by atoms with Crippen molar-refractivity contribution in [3.63, 3.8) is 0 Å². The summed E-state index contributed by atoms with van der Waals surface area (Å²) in [4.78, 5) is 42.2. The molecule has 1 aliphatic rings. The van der Waals surface area contributed by atoms with Gasteiger partial charge in [0, 0.05) is 30.2 Å². The smallest absolute Gasteiger partial charge is 0.328 e. The number of aromatic nitrogens is 2. The predicted octanol–water partition coefficient (Wildman–Crippen LogP) is 2.84. The Bertz CT molecular complexity index is 1210. The van der Waals surface area contributed by atoms with Gasteiger partial charge in [-0.2, -0.15) is 0 Å². The van der Waals surface area contributed by atoms with Crippen LogP contribution in [-0.4, -0.2) is 32.1 Å². The average Bonchev–Trinajstić information content (AvgIpc) is 2.73. The summed E-state index contributed by atoms with van der Waals surface area (Å²) in [5.41, 5.74) is 1.42. The summed E-state index contributed by atoms with van der Waals surface area (Å²) >= 11 is 6.25. The number of nitrogens with zero attached hydrogens (tertiary/aromatic N) is 2. The summed E-state index contributed by atoms with van der Waals surface area (Å²) in [5.74, 6) is -1.04. The molecule has 2 N–H and O–H groups in total. The van der Waals surface area contributed by atoms with Crippen LogP contribution >= 0.6 is 24.0 Å². The summed E-state index contributed by atoms with van der Waals surface area (Å²) in [6.07, 6.45) is 0.375. The Kier molecular flexibility index (Phi) is 7.00. The maximum Gasteiger partial charge on any atom is 0.328 e. The molecule has 3 aromatic rings. The van der Waals surface area contributed by atoms with E-state index in [1.54, 1.807) is 29.2 Å². The molecule has 2 aromatic carbocycles. The van der Waals surface area contributed by atoms with Crippen molar-refractivity contribution >= 4 is 30.0 Å². The van der Waals surface area contributed by atoms with Gasteiger partial charge in [0.15, 0.2) is 0 Å². The highest BCUT2D eigenvalue weighted by Gasteiger charge is 2.33. The molecule has 0 aliphatic carbocycles. The van der Waals surface area contributed by atoms with Crippen LogP contribution in [-0.2, 0) is 24.3 Å². The first-order valence-electron chi connectivity index (χ1n) is 9.56. The van der Waals surface area contributed by atoms with Crippen LogP contribution < -0.4 is 11.2 Å². The molecule has 0 saturated heterocycles. The molecular formula is C22H21Cl2N3O4. The van der Waals surface area contributed by atoms with Crippen molar-refractivity contribution in [2.45, 2.75) is 25.6 Å². The Morgan fingerprint density at radius 1 is 1.10 bits per heavy atom. The van der Waals surface area contributed by atoms with Gasteiger partial charge in [0.2, 0.25) is 0 Å². The number of nitrogens with one attached hydrogen (secondary N) is 1. The number of fused-ring (bicyclic) bond motifs is 1. The quantitative estimate of drug-likeness (QED) is 0.608. The van der Waals surface area contributed by atoms with Crippen LogP contribution in [0.25, 0.3) is 0 Å². The minimum atomic E-state index is -1.04. The van der Waals surface area contributed by atoms with E-state index in [2.05, 4.69) is 4.98 Å². The van der Waals surface area contributed by atoms with Crippen molar-refractivity contribution in [1.29, 1.82) is 0 Å². The lowest BCUT2D eigenvalue weighted by Gasteiger charge is -2.33. The molecule has 0 fully saturated rings. The molecular weight excluding hydrogens is 441 g/mol. The van der Waals surface area contributed by atoms with Gasteiger partial charge in [-0.15, -0.1) is 12.4 Å². The van der Waals surface area contributed by atoms with Crippen LogP contribution in [0.3, 0.4) is 0 Å². The number of rotatable bonds is 5. The van der Waals surface area contributed by atoms with E-state index in [4.69, 9.17) is 11.6 Å². The number of aromatic amines is 1. The van der Waals surface area contributed by atoms with E-state index in [0.29, 0.717) is 34.8 Å². The second kappa shape index (κ2) is 9.51. The fourth-order valence-electron chi connectivity index (χ4n) is 3.88. The van der Waals surface area contributed by atoms with E-state index in [0.717, 1.165) is 10.1 Å². The predicted molar refractivity (Wildman–Crippen MR) is 120 cm³/mol. The van der Waals surface area contributed by atoms with Gasteiger partial charge in [-0.3, -0.25) is 19.1 Å². The molecule has 0 amide bonds. The van der Waals surface area contributed by atoms with Crippen LogP contribution in [0.1, 0.15) is 28.4 Å². The largest absolute Gasteiger partial charge is 0.480 e. The van der Waals surface area contributed by atoms with Crippen LogP contribution in [0, 0.1) is 0 Å². The Balaban J connectivity index is 0.00000272. The Labute approximate surface area is 189 Å². The second-order valence-electron chi connectivity index (χ2n) is 7.25. The Hall–Kier alpha value is -2.87. The van der Waals surface area contributed by atoms with Gasteiger partial charge in [-0.1, -0.05) is 60.1 Å². The number of hydrogen-bond acceptors (Lipinski definition) is 4. The standard InChI is InChI=1S/C22H20ClN3O4.ClH/c23-17-9-5-4-8-15(17)19(21(28)29)25-11-10-18-16(13-25)20(27)26(22(30)24-18)12-14-6-2-1-3-7-14;/h1-9,19H,10-13H2,(H,24,30)(H,28,29);1H. The first-order valence-corrected chi connectivity index (χ1v) is 9.93. The van der Waals surface area contributed by atoms with Gasteiger partial charge in [-0.05, 0) is 17.2 Å². The number of carbonyl (C=O) groups is 1. The van der Waals surface area contributed by atoms with Gasteiger partial charge in [0.05, 0.1) is 12.1 Å². The second-order valence-corrected chi connectivity index (χ2v) is 7.65. The van der Waals surface area contributed by atoms with E-state index in [-0.39, 0.29) is 25.5 Å². The van der Waals surface area contributed by atoms with E-state index in [1.807, 2.05) is 30.3 Å². The number of H-pyrrole nitrogens is 1. The average molecular weight is 462 g/mol. The minimum Gasteiger partial charge on any atom is -0.480 e. The van der Waals surface area contributed by atoms with Crippen molar-refractivity contribution in [3.8, 4) is 0 Å². The molecule has 1 aliphatic heterocycles. The highest BCUT2D eigenvalue weighted by Crippen LogP contribution is 2.30. The first-order chi connectivity index (χ1) is 14.5. The van der Waals surface area contributed by atoms with E-state index in [9.17, 15) is 19.5 Å². The number of hydrogen-bond donors (Lipinski definition) is 2. The van der Waals surface area contributed by atoms with Crippen molar-refractivity contribution in [2.24, 2.45) is 0 Å². The van der Waals surface area contributed by atoms with E-state index >= 15 is 0 Å².